The first kappa shape index (κ1) is 11.6. The van der Waals surface area contributed by atoms with Gasteiger partial charge in [-0.2, -0.15) is 0 Å². The zero-order valence-corrected chi connectivity index (χ0v) is 10.0. The lowest BCUT2D eigenvalue weighted by Gasteiger charge is -2.19. The van der Waals surface area contributed by atoms with Crippen molar-refractivity contribution in [1.82, 2.24) is 15.2 Å². The summed E-state index contributed by atoms with van der Waals surface area (Å²) < 4.78 is 0. The van der Waals surface area contributed by atoms with Crippen molar-refractivity contribution in [2.45, 2.75) is 32.4 Å². The van der Waals surface area contributed by atoms with E-state index < -0.39 is 0 Å². The summed E-state index contributed by atoms with van der Waals surface area (Å²) >= 11 is 0. The predicted octanol–water partition coefficient (Wildman–Crippen LogP) is 1.66. The van der Waals surface area contributed by atoms with E-state index in [0.717, 1.165) is 31.4 Å². The van der Waals surface area contributed by atoms with Crippen LogP contribution in [0.4, 0.5) is 0 Å². The average Bonchev–Trinajstić information content (AvgIpc) is 3.15. The molecule has 1 fully saturated rings. The molecule has 16 heavy (non-hydrogen) atoms. The molecule has 2 rings (SSSR count). The van der Waals surface area contributed by atoms with E-state index in [1.807, 2.05) is 18.3 Å². The van der Waals surface area contributed by atoms with Crippen molar-refractivity contribution in [3.05, 3.63) is 30.1 Å². The van der Waals surface area contributed by atoms with E-state index in [0.29, 0.717) is 0 Å². The fourth-order valence-electron chi connectivity index (χ4n) is 1.98. The number of nitrogens with zero attached hydrogens (tertiary/aromatic N) is 2. The molecule has 0 aliphatic heterocycles. The van der Waals surface area contributed by atoms with Gasteiger partial charge in [0.2, 0.25) is 0 Å². The number of rotatable bonds is 7. The van der Waals surface area contributed by atoms with E-state index in [1.165, 1.54) is 19.4 Å². The Labute approximate surface area is 97.9 Å². The summed E-state index contributed by atoms with van der Waals surface area (Å²) in [5, 5.41) is 3.44. The highest BCUT2D eigenvalue weighted by Crippen LogP contribution is 2.25. The molecule has 3 heteroatoms. The Kier molecular flexibility index (Phi) is 4.31. The molecule has 1 N–H and O–H groups in total. The second-order valence-electron chi connectivity index (χ2n) is 4.36. The van der Waals surface area contributed by atoms with Crippen LogP contribution < -0.4 is 5.32 Å². The van der Waals surface area contributed by atoms with Gasteiger partial charge < -0.3 is 5.32 Å². The zero-order valence-electron chi connectivity index (χ0n) is 10.0. The summed E-state index contributed by atoms with van der Waals surface area (Å²) in [7, 11) is 0. The molecule has 0 atom stereocenters. The number of hydrogen-bond acceptors (Lipinski definition) is 3. The van der Waals surface area contributed by atoms with Crippen LogP contribution in [0, 0.1) is 0 Å². The molecule has 1 aromatic heterocycles. The summed E-state index contributed by atoms with van der Waals surface area (Å²) in [6.45, 7) is 6.52. The van der Waals surface area contributed by atoms with Crippen LogP contribution >= 0.6 is 0 Å². The van der Waals surface area contributed by atoms with Gasteiger partial charge in [-0.3, -0.25) is 9.88 Å². The molecule has 1 aromatic rings. The Bertz CT molecular complexity index is 295. The van der Waals surface area contributed by atoms with Gasteiger partial charge >= 0.3 is 0 Å². The summed E-state index contributed by atoms with van der Waals surface area (Å²) in [6, 6.07) is 6.93. The maximum Gasteiger partial charge on any atom is 0.0541 e. The zero-order chi connectivity index (χ0) is 11.2. The van der Waals surface area contributed by atoms with Crippen LogP contribution in [0.2, 0.25) is 0 Å². The first-order chi connectivity index (χ1) is 7.90. The van der Waals surface area contributed by atoms with Crippen molar-refractivity contribution in [2.24, 2.45) is 0 Å². The van der Waals surface area contributed by atoms with Crippen LogP contribution in [0.25, 0.3) is 0 Å². The lowest BCUT2D eigenvalue weighted by atomic mass is 10.3. The van der Waals surface area contributed by atoms with Crippen LogP contribution in [0.5, 0.6) is 0 Å². The van der Waals surface area contributed by atoms with Crippen molar-refractivity contribution in [1.29, 1.82) is 0 Å². The first-order valence-corrected chi connectivity index (χ1v) is 6.25. The maximum absolute atomic E-state index is 4.29. The fraction of sp³-hybridized carbons (Fsp3) is 0.615. The molecule has 0 bridgehead atoms. The topological polar surface area (TPSA) is 28.2 Å². The molecular formula is C13H21N3. The normalized spacial score (nSPS) is 15.6. The highest BCUT2D eigenvalue weighted by atomic mass is 15.2. The van der Waals surface area contributed by atoms with E-state index >= 15 is 0 Å². The first-order valence-electron chi connectivity index (χ1n) is 6.25. The van der Waals surface area contributed by atoms with Gasteiger partial charge in [0.15, 0.2) is 0 Å². The molecule has 3 nitrogen and oxygen atoms in total. The lowest BCUT2D eigenvalue weighted by molar-refractivity contribution is 0.277. The molecule has 0 spiro atoms. The third kappa shape index (κ3) is 3.58. The van der Waals surface area contributed by atoms with Crippen LogP contribution in [0.3, 0.4) is 0 Å². The van der Waals surface area contributed by atoms with Gasteiger partial charge in [-0.05, 0) is 31.5 Å². The smallest absolute Gasteiger partial charge is 0.0541 e. The van der Waals surface area contributed by atoms with Crippen LogP contribution in [-0.4, -0.2) is 35.6 Å². The number of likely N-dealkylation sites (N-methyl/N-ethyl adjacent to an activating group) is 1. The average molecular weight is 219 g/mol. The Morgan fingerprint density at radius 1 is 1.44 bits per heavy atom. The Hall–Kier alpha value is -0.930. The second kappa shape index (κ2) is 5.97. The molecule has 0 radical (unpaired) electrons. The third-order valence-electron chi connectivity index (χ3n) is 3.08. The highest BCUT2D eigenvalue weighted by Gasteiger charge is 2.26. The summed E-state index contributed by atoms with van der Waals surface area (Å²) in [4.78, 5) is 6.85. The Morgan fingerprint density at radius 3 is 2.94 bits per heavy atom. The summed E-state index contributed by atoms with van der Waals surface area (Å²) in [5.74, 6) is 0. The van der Waals surface area contributed by atoms with Gasteiger partial charge in [0.1, 0.15) is 0 Å². The molecule has 0 amide bonds. The van der Waals surface area contributed by atoms with Crippen molar-refractivity contribution in [3.63, 3.8) is 0 Å². The van der Waals surface area contributed by atoms with Gasteiger partial charge in [-0.15, -0.1) is 0 Å². The molecular weight excluding hydrogens is 198 g/mol. The van der Waals surface area contributed by atoms with Crippen LogP contribution in [0.15, 0.2) is 24.4 Å². The second-order valence-corrected chi connectivity index (χ2v) is 4.36. The fourth-order valence-corrected chi connectivity index (χ4v) is 1.98. The molecule has 1 saturated carbocycles. The monoisotopic (exact) mass is 219 g/mol. The van der Waals surface area contributed by atoms with Gasteiger partial charge in [0.05, 0.1) is 5.69 Å². The largest absolute Gasteiger partial charge is 0.310 e. The van der Waals surface area contributed by atoms with Crippen molar-refractivity contribution in [3.8, 4) is 0 Å². The molecule has 1 aliphatic rings. The Morgan fingerprint density at radius 2 is 2.31 bits per heavy atom. The minimum Gasteiger partial charge on any atom is -0.310 e. The molecule has 0 aromatic carbocycles. The van der Waals surface area contributed by atoms with E-state index in [1.54, 1.807) is 0 Å². The number of hydrogen-bond donors (Lipinski definition) is 1. The predicted molar refractivity (Wildman–Crippen MR) is 66.2 cm³/mol. The van der Waals surface area contributed by atoms with Crippen LogP contribution in [-0.2, 0) is 6.54 Å². The van der Waals surface area contributed by atoms with Gasteiger partial charge in [0, 0.05) is 31.9 Å². The SMILES string of the molecule is CCN(CCNCc1ccccn1)C1CC1. The van der Waals surface area contributed by atoms with Gasteiger partial charge in [-0.1, -0.05) is 13.0 Å². The van der Waals surface area contributed by atoms with Crippen molar-refractivity contribution < 1.29 is 0 Å². The Balaban J connectivity index is 1.61. The van der Waals surface area contributed by atoms with Crippen molar-refractivity contribution in [2.75, 3.05) is 19.6 Å². The third-order valence-corrected chi connectivity index (χ3v) is 3.08. The molecule has 0 unspecified atom stereocenters. The minimum atomic E-state index is 0.877. The van der Waals surface area contributed by atoms with E-state index in [9.17, 15) is 0 Å². The standard InChI is InChI=1S/C13H21N3/c1-2-16(13-6-7-13)10-9-14-11-12-5-3-4-8-15-12/h3-5,8,13-14H,2,6-7,9-11H2,1H3. The molecule has 1 aliphatic carbocycles. The molecule has 0 saturated heterocycles. The van der Waals surface area contributed by atoms with Gasteiger partial charge in [0.25, 0.3) is 0 Å². The summed E-state index contributed by atoms with van der Waals surface area (Å²) in [5.41, 5.74) is 1.12. The van der Waals surface area contributed by atoms with Gasteiger partial charge in [-0.25, -0.2) is 0 Å². The maximum atomic E-state index is 4.29. The number of aromatic nitrogens is 1. The number of pyridine rings is 1. The van der Waals surface area contributed by atoms with E-state index in [4.69, 9.17) is 0 Å². The quantitative estimate of drug-likeness (QED) is 0.707. The van der Waals surface area contributed by atoms with E-state index in [2.05, 4.69) is 28.2 Å². The highest BCUT2D eigenvalue weighted by molar-refractivity contribution is 5.02. The molecule has 1 heterocycles. The van der Waals surface area contributed by atoms with Crippen LogP contribution in [0.1, 0.15) is 25.5 Å². The molecule has 88 valence electrons. The summed E-state index contributed by atoms with van der Waals surface area (Å²) in [6.07, 6.45) is 4.64. The minimum absolute atomic E-state index is 0.877. The van der Waals surface area contributed by atoms with Crippen molar-refractivity contribution >= 4 is 0 Å². The number of nitrogens with one attached hydrogen (secondary N) is 1. The lowest BCUT2D eigenvalue weighted by Crippen LogP contribution is -2.33. The van der Waals surface area contributed by atoms with E-state index in [-0.39, 0.29) is 0 Å².